The van der Waals surface area contributed by atoms with Crippen LogP contribution in [0.1, 0.15) is 12.8 Å². The molecular formula is C17H17FO2. The zero-order valence-corrected chi connectivity index (χ0v) is 11.2. The van der Waals surface area contributed by atoms with Gasteiger partial charge in [0.2, 0.25) is 0 Å². The summed E-state index contributed by atoms with van der Waals surface area (Å²) in [6.07, 6.45) is 2.13. The highest BCUT2D eigenvalue weighted by Crippen LogP contribution is 2.46. The van der Waals surface area contributed by atoms with Crippen molar-refractivity contribution in [1.29, 1.82) is 0 Å². The third kappa shape index (κ3) is 3.10. The molecule has 0 heterocycles. The molecule has 0 amide bonds. The summed E-state index contributed by atoms with van der Waals surface area (Å²) in [4.78, 5) is 0. The summed E-state index contributed by atoms with van der Waals surface area (Å²) < 4.78 is 24.9. The van der Waals surface area contributed by atoms with Gasteiger partial charge in [-0.05, 0) is 37.1 Å². The third-order valence-corrected chi connectivity index (χ3v) is 3.62. The second kappa shape index (κ2) is 5.53. The number of rotatable bonds is 6. The maximum absolute atomic E-state index is 13.5. The van der Waals surface area contributed by atoms with Crippen LogP contribution in [0.2, 0.25) is 0 Å². The molecule has 0 aromatic heterocycles. The van der Waals surface area contributed by atoms with Gasteiger partial charge in [0, 0.05) is 5.41 Å². The van der Waals surface area contributed by atoms with Crippen LogP contribution in [0.25, 0.3) is 0 Å². The molecule has 1 aliphatic rings. The fraction of sp³-hybridized carbons (Fsp3) is 0.294. The van der Waals surface area contributed by atoms with Crippen molar-refractivity contribution in [1.82, 2.24) is 0 Å². The first kappa shape index (κ1) is 13.0. The van der Waals surface area contributed by atoms with Gasteiger partial charge in [-0.15, -0.1) is 0 Å². The van der Waals surface area contributed by atoms with Crippen molar-refractivity contribution >= 4 is 0 Å². The average Bonchev–Trinajstić information content (AvgIpc) is 3.26. The standard InChI is InChI=1S/C17H17FO2/c18-15-8-4-5-9-16(15)20-13-17(10-11-17)12-19-14-6-2-1-3-7-14/h1-9H,10-13H2. The Kier molecular flexibility index (Phi) is 3.59. The first-order valence-corrected chi connectivity index (χ1v) is 6.83. The van der Waals surface area contributed by atoms with Gasteiger partial charge in [-0.2, -0.15) is 0 Å². The molecule has 3 rings (SSSR count). The van der Waals surface area contributed by atoms with Crippen molar-refractivity contribution < 1.29 is 13.9 Å². The Balaban J connectivity index is 1.54. The van der Waals surface area contributed by atoms with Crippen molar-refractivity contribution in [3.63, 3.8) is 0 Å². The van der Waals surface area contributed by atoms with E-state index in [1.165, 1.54) is 6.07 Å². The first-order valence-electron chi connectivity index (χ1n) is 6.83. The van der Waals surface area contributed by atoms with Crippen molar-refractivity contribution in [2.24, 2.45) is 5.41 Å². The number of halogens is 1. The second-order valence-electron chi connectivity index (χ2n) is 5.32. The van der Waals surface area contributed by atoms with Gasteiger partial charge in [-0.3, -0.25) is 0 Å². The molecule has 3 heteroatoms. The van der Waals surface area contributed by atoms with E-state index in [4.69, 9.17) is 9.47 Å². The predicted octanol–water partition coefficient (Wildman–Crippen LogP) is 4.06. The van der Waals surface area contributed by atoms with E-state index in [-0.39, 0.29) is 11.2 Å². The van der Waals surface area contributed by atoms with Crippen molar-refractivity contribution in [2.75, 3.05) is 13.2 Å². The molecule has 2 aromatic rings. The number of hydrogen-bond acceptors (Lipinski definition) is 2. The molecule has 0 radical (unpaired) electrons. The van der Waals surface area contributed by atoms with E-state index in [0.29, 0.717) is 19.0 Å². The molecule has 1 fully saturated rings. The van der Waals surface area contributed by atoms with Gasteiger partial charge in [-0.25, -0.2) is 4.39 Å². The van der Waals surface area contributed by atoms with Gasteiger partial charge in [0.15, 0.2) is 11.6 Å². The lowest BCUT2D eigenvalue weighted by Gasteiger charge is -2.17. The van der Waals surface area contributed by atoms with Gasteiger partial charge >= 0.3 is 0 Å². The Morgan fingerprint density at radius 1 is 0.850 bits per heavy atom. The van der Waals surface area contributed by atoms with Crippen molar-refractivity contribution in [3.8, 4) is 11.5 Å². The summed E-state index contributed by atoms with van der Waals surface area (Å²) in [6.45, 7) is 1.12. The fourth-order valence-electron chi connectivity index (χ4n) is 2.05. The van der Waals surface area contributed by atoms with Crippen LogP contribution in [-0.4, -0.2) is 13.2 Å². The third-order valence-electron chi connectivity index (χ3n) is 3.62. The van der Waals surface area contributed by atoms with Crippen LogP contribution >= 0.6 is 0 Å². The van der Waals surface area contributed by atoms with Crippen LogP contribution < -0.4 is 9.47 Å². The smallest absolute Gasteiger partial charge is 0.165 e. The summed E-state index contributed by atoms with van der Waals surface area (Å²) in [7, 11) is 0. The number of hydrogen-bond donors (Lipinski definition) is 0. The molecule has 0 bridgehead atoms. The molecule has 104 valence electrons. The zero-order valence-electron chi connectivity index (χ0n) is 11.2. The van der Waals surface area contributed by atoms with Crippen LogP contribution in [0.5, 0.6) is 11.5 Å². The maximum Gasteiger partial charge on any atom is 0.165 e. The van der Waals surface area contributed by atoms with Gasteiger partial charge < -0.3 is 9.47 Å². The quantitative estimate of drug-likeness (QED) is 0.789. The molecule has 0 spiro atoms. The lowest BCUT2D eigenvalue weighted by molar-refractivity contribution is 0.157. The Labute approximate surface area is 118 Å². The maximum atomic E-state index is 13.5. The molecule has 1 aliphatic carbocycles. The van der Waals surface area contributed by atoms with E-state index in [1.807, 2.05) is 30.3 Å². The monoisotopic (exact) mass is 272 g/mol. The van der Waals surface area contributed by atoms with Crippen LogP contribution in [0.4, 0.5) is 4.39 Å². The van der Waals surface area contributed by atoms with Gasteiger partial charge in [-0.1, -0.05) is 30.3 Å². The second-order valence-corrected chi connectivity index (χ2v) is 5.32. The molecular weight excluding hydrogens is 255 g/mol. The zero-order chi connectivity index (χ0) is 13.8. The van der Waals surface area contributed by atoms with Crippen molar-refractivity contribution in [3.05, 3.63) is 60.4 Å². The van der Waals surface area contributed by atoms with E-state index in [9.17, 15) is 4.39 Å². The van der Waals surface area contributed by atoms with Crippen LogP contribution in [-0.2, 0) is 0 Å². The Hall–Kier alpha value is -2.03. The summed E-state index contributed by atoms with van der Waals surface area (Å²) in [5.74, 6) is 0.871. The van der Waals surface area contributed by atoms with E-state index in [0.717, 1.165) is 18.6 Å². The minimum absolute atomic E-state index is 0.0398. The molecule has 1 saturated carbocycles. The highest BCUT2D eigenvalue weighted by Gasteiger charge is 2.44. The van der Waals surface area contributed by atoms with E-state index < -0.39 is 0 Å². The lowest BCUT2D eigenvalue weighted by atomic mass is 10.1. The van der Waals surface area contributed by atoms with Crippen LogP contribution in [0.3, 0.4) is 0 Å². The van der Waals surface area contributed by atoms with E-state index >= 15 is 0 Å². The molecule has 2 nitrogen and oxygen atoms in total. The molecule has 20 heavy (non-hydrogen) atoms. The minimum atomic E-state index is -0.313. The first-order chi connectivity index (χ1) is 9.77. The largest absolute Gasteiger partial charge is 0.493 e. The normalized spacial score (nSPS) is 15.7. The summed E-state index contributed by atoms with van der Waals surface area (Å²) >= 11 is 0. The van der Waals surface area contributed by atoms with Crippen LogP contribution in [0.15, 0.2) is 54.6 Å². The van der Waals surface area contributed by atoms with E-state index in [1.54, 1.807) is 18.2 Å². The minimum Gasteiger partial charge on any atom is -0.493 e. The number of ether oxygens (including phenoxy) is 2. The van der Waals surface area contributed by atoms with Crippen LogP contribution in [0, 0.1) is 11.2 Å². The highest BCUT2D eigenvalue weighted by atomic mass is 19.1. The lowest BCUT2D eigenvalue weighted by Crippen LogP contribution is -2.21. The molecule has 0 atom stereocenters. The molecule has 2 aromatic carbocycles. The number of benzene rings is 2. The van der Waals surface area contributed by atoms with Gasteiger partial charge in [0.25, 0.3) is 0 Å². The topological polar surface area (TPSA) is 18.5 Å². The molecule has 0 saturated heterocycles. The SMILES string of the molecule is Fc1ccccc1OCC1(COc2ccccc2)CC1. The van der Waals surface area contributed by atoms with Crippen molar-refractivity contribution in [2.45, 2.75) is 12.8 Å². The Morgan fingerprint density at radius 3 is 2.20 bits per heavy atom. The number of para-hydroxylation sites is 2. The average molecular weight is 272 g/mol. The highest BCUT2D eigenvalue weighted by molar-refractivity contribution is 5.24. The molecule has 0 aliphatic heterocycles. The summed E-state index contributed by atoms with van der Waals surface area (Å²) in [5.41, 5.74) is 0.0398. The Morgan fingerprint density at radius 2 is 1.50 bits per heavy atom. The van der Waals surface area contributed by atoms with Gasteiger partial charge in [0.05, 0.1) is 13.2 Å². The van der Waals surface area contributed by atoms with Gasteiger partial charge in [0.1, 0.15) is 5.75 Å². The molecule has 0 unspecified atom stereocenters. The molecule has 0 N–H and O–H groups in total. The summed E-state index contributed by atoms with van der Waals surface area (Å²) in [6, 6.07) is 16.2. The fourth-order valence-corrected chi connectivity index (χ4v) is 2.05. The predicted molar refractivity (Wildman–Crippen MR) is 75.5 cm³/mol. The Bertz CT molecular complexity index is 564. The van der Waals surface area contributed by atoms with E-state index in [2.05, 4.69) is 0 Å². The summed E-state index contributed by atoms with van der Waals surface area (Å²) in [5, 5.41) is 0.